The lowest BCUT2D eigenvalue weighted by Crippen LogP contribution is -2.38. The normalized spacial score (nSPS) is 22.6. The minimum atomic E-state index is 0.459. The lowest BCUT2D eigenvalue weighted by molar-refractivity contribution is 0.206. The molecule has 17 heavy (non-hydrogen) atoms. The van der Waals surface area contributed by atoms with Gasteiger partial charge < -0.3 is 5.32 Å². The average Bonchev–Trinajstić information content (AvgIpc) is 2.63. The summed E-state index contributed by atoms with van der Waals surface area (Å²) < 4.78 is 0. The summed E-state index contributed by atoms with van der Waals surface area (Å²) in [5.41, 5.74) is 0.459. The van der Waals surface area contributed by atoms with E-state index in [4.69, 9.17) is 0 Å². The minimum absolute atomic E-state index is 0.459. The molecule has 1 saturated heterocycles. The van der Waals surface area contributed by atoms with E-state index in [1.165, 1.54) is 32.4 Å². The number of nitrogens with one attached hydrogen (secondary N) is 1. The summed E-state index contributed by atoms with van der Waals surface area (Å²) in [6, 6.07) is 0.833. The third kappa shape index (κ3) is 5.87. The molecule has 1 unspecified atom stereocenters. The second-order valence-electron chi connectivity index (χ2n) is 7.05. The number of hydrogen-bond donors (Lipinski definition) is 1. The van der Waals surface area contributed by atoms with Gasteiger partial charge in [-0.2, -0.15) is 0 Å². The van der Waals surface area contributed by atoms with Gasteiger partial charge in [0.1, 0.15) is 0 Å². The Bertz CT molecular complexity index is 205. The van der Waals surface area contributed by atoms with E-state index in [0.29, 0.717) is 5.41 Å². The van der Waals surface area contributed by atoms with Crippen LogP contribution in [0.2, 0.25) is 0 Å². The third-order valence-electron chi connectivity index (χ3n) is 3.81. The van der Waals surface area contributed by atoms with E-state index >= 15 is 0 Å². The van der Waals surface area contributed by atoms with E-state index in [1.54, 1.807) is 0 Å². The second-order valence-corrected chi connectivity index (χ2v) is 7.05. The van der Waals surface area contributed by atoms with Gasteiger partial charge in [0.25, 0.3) is 0 Å². The molecule has 1 rings (SSSR count). The van der Waals surface area contributed by atoms with Gasteiger partial charge >= 0.3 is 0 Å². The molecular weight excluding hydrogens is 208 g/mol. The molecule has 0 saturated carbocycles. The van der Waals surface area contributed by atoms with Crippen molar-refractivity contribution in [1.29, 1.82) is 0 Å². The van der Waals surface area contributed by atoms with E-state index in [9.17, 15) is 0 Å². The zero-order valence-corrected chi connectivity index (χ0v) is 12.6. The summed E-state index contributed by atoms with van der Waals surface area (Å²) in [7, 11) is 0. The first-order valence-corrected chi connectivity index (χ1v) is 7.35. The van der Waals surface area contributed by atoms with Gasteiger partial charge in [-0.15, -0.1) is 0 Å². The van der Waals surface area contributed by atoms with Crippen LogP contribution in [-0.2, 0) is 0 Å². The molecule has 1 aliphatic heterocycles. The highest BCUT2D eigenvalue weighted by Gasteiger charge is 2.26. The molecule has 1 atom stereocenters. The second kappa shape index (κ2) is 6.75. The lowest BCUT2D eigenvalue weighted by atomic mass is 9.92. The molecule has 0 aromatic rings. The van der Waals surface area contributed by atoms with Gasteiger partial charge in [-0.3, -0.25) is 4.90 Å². The molecule has 0 aliphatic carbocycles. The number of rotatable bonds is 6. The SMILES string of the molecule is CC(C)C1CCCN1CCNCCC(C)(C)C. The Balaban J connectivity index is 2.10. The molecule has 1 fully saturated rings. The molecular formula is C15H32N2. The van der Waals surface area contributed by atoms with Crippen LogP contribution in [0, 0.1) is 11.3 Å². The van der Waals surface area contributed by atoms with Crippen LogP contribution in [0.25, 0.3) is 0 Å². The molecule has 0 radical (unpaired) electrons. The van der Waals surface area contributed by atoms with E-state index < -0.39 is 0 Å². The van der Waals surface area contributed by atoms with Gasteiger partial charge in [-0.05, 0) is 43.7 Å². The van der Waals surface area contributed by atoms with Gasteiger partial charge in [-0.25, -0.2) is 0 Å². The van der Waals surface area contributed by atoms with E-state index in [0.717, 1.165) is 25.0 Å². The maximum atomic E-state index is 3.59. The van der Waals surface area contributed by atoms with Crippen molar-refractivity contribution in [3.05, 3.63) is 0 Å². The van der Waals surface area contributed by atoms with Gasteiger partial charge in [0, 0.05) is 19.1 Å². The van der Waals surface area contributed by atoms with Gasteiger partial charge in [0.05, 0.1) is 0 Å². The van der Waals surface area contributed by atoms with Crippen LogP contribution in [-0.4, -0.2) is 37.1 Å². The van der Waals surface area contributed by atoms with Crippen LogP contribution in [0.3, 0.4) is 0 Å². The Kier molecular flexibility index (Phi) is 5.94. The van der Waals surface area contributed by atoms with Gasteiger partial charge in [0.2, 0.25) is 0 Å². The fourth-order valence-corrected chi connectivity index (χ4v) is 2.70. The van der Waals surface area contributed by atoms with Crippen LogP contribution in [0.5, 0.6) is 0 Å². The first-order valence-electron chi connectivity index (χ1n) is 7.35. The molecule has 102 valence electrons. The van der Waals surface area contributed by atoms with E-state index in [-0.39, 0.29) is 0 Å². The Morgan fingerprint density at radius 3 is 2.53 bits per heavy atom. The van der Waals surface area contributed by atoms with Crippen molar-refractivity contribution in [2.75, 3.05) is 26.2 Å². The third-order valence-corrected chi connectivity index (χ3v) is 3.81. The predicted molar refractivity (Wildman–Crippen MR) is 76.4 cm³/mol. The number of hydrogen-bond acceptors (Lipinski definition) is 2. The zero-order valence-electron chi connectivity index (χ0n) is 12.6. The van der Waals surface area contributed by atoms with Crippen molar-refractivity contribution in [2.24, 2.45) is 11.3 Å². The quantitative estimate of drug-likeness (QED) is 0.718. The maximum Gasteiger partial charge on any atom is 0.0119 e. The molecule has 1 heterocycles. The number of likely N-dealkylation sites (tertiary alicyclic amines) is 1. The smallest absolute Gasteiger partial charge is 0.0119 e. The minimum Gasteiger partial charge on any atom is -0.315 e. The Hall–Kier alpha value is -0.0800. The Morgan fingerprint density at radius 2 is 1.94 bits per heavy atom. The topological polar surface area (TPSA) is 15.3 Å². The first-order chi connectivity index (χ1) is 7.90. The summed E-state index contributed by atoms with van der Waals surface area (Å²) in [6.07, 6.45) is 4.06. The summed E-state index contributed by atoms with van der Waals surface area (Å²) in [4.78, 5) is 2.68. The molecule has 0 aromatic carbocycles. The number of nitrogens with zero attached hydrogens (tertiary/aromatic N) is 1. The summed E-state index contributed by atoms with van der Waals surface area (Å²) >= 11 is 0. The van der Waals surface area contributed by atoms with E-state index in [2.05, 4.69) is 44.8 Å². The lowest BCUT2D eigenvalue weighted by Gasteiger charge is -2.27. The molecule has 1 aliphatic rings. The fraction of sp³-hybridized carbons (Fsp3) is 1.00. The Labute approximate surface area is 108 Å². The molecule has 0 bridgehead atoms. The van der Waals surface area contributed by atoms with Crippen molar-refractivity contribution < 1.29 is 0 Å². The molecule has 0 spiro atoms. The van der Waals surface area contributed by atoms with Crippen molar-refractivity contribution in [1.82, 2.24) is 10.2 Å². The van der Waals surface area contributed by atoms with Crippen molar-refractivity contribution >= 4 is 0 Å². The van der Waals surface area contributed by atoms with E-state index in [1.807, 2.05) is 0 Å². The molecule has 0 aromatic heterocycles. The summed E-state index contributed by atoms with van der Waals surface area (Å²) in [6.45, 7) is 16.5. The molecule has 1 N–H and O–H groups in total. The monoisotopic (exact) mass is 240 g/mol. The molecule has 2 heteroatoms. The van der Waals surface area contributed by atoms with Crippen LogP contribution >= 0.6 is 0 Å². The Morgan fingerprint density at radius 1 is 1.24 bits per heavy atom. The molecule has 0 amide bonds. The van der Waals surface area contributed by atoms with Crippen molar-refractivity contribution in [3.63, 3.8) is 0 Å². The highest BCUT2D eigenvalue weighted by atomic mass is 15.2. The van der Waals surface area contributed by atoms with Crippen LogP contribution < -0.4 is 5.32 Å². The first kappa shape index (κ1) is 15.0. The fourth-order valence-electron chi connectivity index (χ4n) is 2.70. The summed E-state index contributed by atoms with van der Waals surface area (Å²) in [5, 5.41) is 3.59. The van der Waals surface area contributed by atoms with Crippen LogP contribution in [0.4, 0.5) is 0 Å². The van der Waals surface area contributed by atoms with Gasteiger partial charge in [0.15, 0.2) is 0 Å². The van der Waals surface area contributed by atoms with Gasteiger partial charge in [-0.1, -0.05) is 34.6 Å². The molecule has 2 nitrogen and oxygen atoms in total. The van der Waals surface area contributed by atoms with Crippen LogP contribution in [0.15, 0.2) is 0 Å². The largest absolute Gasteiger partial charge is 0.315 e. The predicted octanol–water partition coefficient (Wildman–Crippen LogP) is 3.13. The standard InChI is InChI=1S/C15H32N2/c1-13(2)14-7-6-11-17(14)12-10-16-9-8-15(3,4)5/h13-14,16H,6-12H2,1-5H3. The van der Waals surface area contributed by atoms with Crippen molar-refractivity contribution in [3.8, 4) is 0 Å². The maximum absolute atomic E-state index is 3.59. The van der Waals surface area contributed by atoms with Crippen molar-refractivity contribution in [2.45, 2.75) is 59.9 Å². The summed E-state index contributed by atoms with van der Waals surface area (Å²) in [5.74, 6) is 0.812. The average molecular weight is 240 g/mol. The van der Waals surface area contributed by atoms with Crippen LogP contribution in [0.1, 0.15) is 53.9 Å². The zero-order chi connectivity index (χ0) is 12.9. The highest BCUT2D eigenvalue weighted by molar-refractivity contribution is 4.81. The highest BCUT2D eigenvalue weighted by Crippen LogP contribution is 2.22.